The van der Waals surface area contributed by atoms with Gasteiger partial charge in [-0.05, 0) is 37.9 Å². The summed E-state index contributed by atoms with van der Waals surface area (Å²) in [6.07, 6.45) is 3.48. The summed E-state index contributed by atoms with van der Waals surface area (Å²) in [7, 11) is -1.57. The molecule has 150 valence electrons. The first-order valence-electron chi connectivity index (χ1n) is 9.68. The van der Waals surface area contributed by atoms with Crippen molar-refractivity contribution in [2.24, 2.45) is 11.7 Å². The molecule has 1 heterocycles. The topological polar surface area (TPSA) is 95.7 Å². The van der Waals surface area contributed by atoms with Crippen LogP contribution in [0.3, 0.4) is 0 Å². The molecule has 8 heteroatoms. The third kappa shape index (κ3) is 4.87. The quantitative estimate of drug-likeness (QED) is 0.769. The Morgan fingerprint density at radius 1 is 1.19 bits per heavy atom. The molecule has 1 aliphatic heterocycles. The van der Waals surface area contributed by atoms with Crippen LogP contribution in [0.4, 0.5) is 0 Å². The van der Waals surface area contributed by atoms with Gasteiger partial charge in [-0.15, -0.1) is 0 Å². The number of nitrogens with one attached hydrogen (secondary N) is 1. The predicted octanol–water partition coefficient (Wildman–Crippen LogP) is 0.756. The predicted molar refractivity (Wildman–Crippen MR) is 104 cm³/mol. The summed E-state index contributed by atoms with van der Waals surface area (Å²) in [6.45, 7) is 2.63. The molecule has 0 spiro atoms. The number of hydrogen-bond donors (Lipinski definition) is 2. The fourth-order valence-corrected chi connectivity index (χ4v) is 5.51. The van der Waals surface area contributed by atoms with Crippen LogP contribution in [0.5, 0.6) is 0 Å². The van der Waals surface area contributed by atoms with Crippen molar-refractivity contribution in [1.29, 1.82) is 0 Å². The van der Waals surface area contributed by atoms with Crippen LogP contribution in [0.15, 0.2) is 29.2 Å². The van der Waals surface area contributed by atoms with E-state index in [-0.39, 0.29) is 29.3 Å². The number of carbonyl (C=O) groups excluding carboxylic acids is 1. The lowest BCUT2D eigenvalue weighted by Gasteiger charge is -2.32. The lowest BCUT2D eigenvalue weighted by atomic mass is 9.85. The Hall–Kier alpha value is -1.48. The minimum atomic E-state index is -3.56. The molecule has 27 heavy (non-hydrogen) atoms. The van der Waals surface area contributed by atoms with Gasteiger partial charge in [-0.25, -0.2) is 8.42 Å². The van der Waals surface area contributed by atoms with Gasteiger partial charge >= 0.3 is 0 Å². The van der Waals surface area contributed by atoms with Crippen molar-refractivity contribution >= 4 is 15.9 Å². The number of carbonyl (C=O) groups is 1. The van der Waals surface area contributed by atoms with E-state index in [2.05, 4.69) is 10.2 Å². The van der Waals surface area contributed by atoms with Gasteiger partial charge < -0.3 is 16.0 Å². The number of nitrogens with two attached hydrogens (primary N) is 1. The second kappa shape index (κ2) is 8.68. The number of amides is 1. The van der Waals surface area contributed by atoms with Crippen LogP contribution in [0.25, 0.3) is 0 Å². The fraction of sp³-hybridized carbons (Fsp3) is 0.632. The van der Waals surface area contributed by atoms with Gasteiger partial charge in [0.25, 0.3) is 0 Å². The van der Waals surface area contributed by atoms with E-state index in [1.54, 1.807) is 24.3 Å². The summed E-state index contributed by atoms with van der Waals surface area (Å²) in [4.78, 5) is 14.9. The highest BCUT2D eigenvalue weighted by atomic mass is 32.2. The molecule has 1 aromatic carbocycles. The highest BCUT2D eigenvalue weighted by Crippen LogP contribution is 2.24. The van der Waals surface area contributed by atoms with Crippen molar-refractivity contribution in [1.82, 2.24) is 14.5 Å². The SMILES string of the molecule is CN1CCN(S(=O)(=O)c2ccccc2CNC(=O)C2CCCC(N)C2)CC1. The monoisotopic (exact) mass is 394 g/mol. The molecule has 0 aromatic heterocycles. The molecule has 1 amide bonds. The Morgan fingerprint density at radius 2 is 1.89 bits per heavy atom. The third-order valence-corrected chi connectivity index (χ3v) is 7.59. The van der Waals surface area contributed by atoms with Crippen molar-refractivity contribution in [2.75, 3.05) is 33.2 Å². The van der Waals surface area contributed by atoms with Gasteiger partial charge in [0.15, 0.2) is 0 Å². The number of hydrogen-bond acceptors (Lipinski definition) is 5. The van der Waals surface area contributed by atoms with Gasteiger partial charge in [0.1, 0.15) is 0 Å². The molecule has 3 N–H and O–H groups in total. The lowest BCUT2D eigenvalue weighted by Crippen LogP contribution is -2.47. The Morgan fingerprint density at radius 3 is 2.59 bits per heavy atom. The number of piperazine rings is 1. The van der Waals surface area contributed by atoms with E-state index < -0.39 is 10.0 Å². The van der Waals surface area contributed by atoms with Crippen molar-refractivity contribution in [2.45, 2.75) is 43.2 Å². The molecule has 1 saturated heterocycles. The summed E-state index contributed by atoms with van der Waals surface area (Å²) in [5.74, 6) is -0.105. The minimum Gasteiger partial charge on any atom is -0.352 e. The molecule has 7 nitrogen and oxygen atoms in total. The Kier molecular flexibility index (Phi) is 6.52. The summed E-state index contributed by atoms with van der Waals surface area (Å²) < 4.78 is 27.7. The van der Waals surface area contributed by atoms with Crippen LogP contribution < -0.4 is 11.1 Å². The van der Waals surface area contributed by atoms with Crippen LogP contribution in [-0.2, 0) is 21.4 Å². The molecule has 2 unspecified atom stereocenters. The van der Waals surface area contributed by atoms with Gasteiger partial charge in [-0.3, -0.25) is 4.79 Å². The van der Waals surface area contributed by atoms with Crippen LogP contribution in [-0.4, -0.2) is 62.8 Å². The van der Waals surface area contributed by atoms with Crippen molar-refractivity contribution < 1.29 is 13.2 Å². The highest BCUT2D eigenvalue weighted by molar-refractivity contribution is 7.89. The standard InChI is InChI=1S/C19H30N4O3S/c1-22-9-11-23(12-10-22)27(25,26)18-8-3-2-5-16(18)14-21-19(24)15-6-4-7-17(20)13-15/h2-3,5,8,15,17H,4,6-7,9-14,20H2,1H3,(H,21,24). The van der Waals surface area contributed by atoms with Crippen LogP contribution in [0.2, 0.25) is 0 Å². The van der Waals surface area contributed by atoms with Crippen LogP contribution >= 0.6 is 0 Å². The Bertz CT molecular complexity index is 760. The zero-order valence-electron chi connectivity index (χ0n) is 15.9. The molecule has 0 bridgehead atoms. The number of likely N-dealkylation sites (N-methyl/N-ethyl adjacent to an activating group) is 1. The first kappa shape index (κ1) is 20.3. The van der Waals surface area contributed by atoms with E-state index in [4.69, 9.17) is 5.73 Å². The molecule has 1 aromatic rings. The summed E-state index contributed by atoms with van der Waals surface area (Å²) in [6, 6.07) is 7.02. The summed E-state index contributed by atoms with van der Waals surface area (Å²) in [5, 5.41) is 2.93. The lowest BCUT2D eigenvalue weighted by molar-refractivity contribution is -0.126. The molecular weight excluding hydrogens is 364 g/mol. The summed E-state index contributed by atoms with van der Waals surface area (Å²) >= 11 is 0. The number of sulfonamides is 1. The maximum atomic E-state index is 13.1. The van der Waals surface area contributed by atoms with Gasteiger partial charge in [0.2, 0.25) is 15.9 Å². The van der Waals surface area contributed by atoms with Crippen LogP contribution in [0.1, 0.15) is 31.2 Å². The van der Waals surface area contributed by atoms with E-state index >= 15 is 0 Å². The smallest absolute Gasteiger partial charge is 0.243 e. The first-order valence-corrected chi connectivity index (χ1v) is 11.1. The van der Waals surface area contributed by atoms with Gasteiger partial charge in [-0.1, -0.05) is 24.6 Å². The molecule has 2 atom stereocenters. The maximum Gasteiger partial charge on any atom is 0.243 e. The summed E-state index contributed by atoms with van der Waals surface area (Å²) in [5.41, 5.74) is 6.61. The second-order valence-corrected chi connectivity index (χ2v) is 9.56. The van der Waals surface area contributed by atoms with Crippen LogP contribution in [0, 0.1) is 5.92 Å². The van der Waals surface area contributed by atoms with E-state index in [0.717, 1.165) is 32.4 Å². The van der Waals surface area contributed by atoms with E-state index in [1.807, 2.05) is 7.05 Å². The minimum absolute atomic E-state index is 0.0306. The van der Waals surface area contributed by atoms with Gasteiger partial charge in [0, 0.05) is 44.7 Å². The Balaban J connectivity index is 1.69. The largest absolute Gasteiger partial charge is 0.352 e. The Labute approximate surface area is 161 Å². The molecule has 3 rings (SSSR count). The van der Waals surface area contributed by atoms with Crippen molar-refractivity contribution in [3.05, 3.63) is 29.8 Å². The molecular formula is C19H30N4O3S. The highest BCUT2D eigenvalue weighted by Gasteiger charge is 2.30. The average molecular weight is 395 g/mol. The van der Waals surface area contributed by atoms with E-state index in [1.165, 1.54) is 4.31 Å². The van der Waals surface area contributed by atoms with Gasteiger partial charge in [0.05, 0.1) is 4.90 Å². The third-order valence-electron chi connectivity index (χ3n) is 5.59. The number of nitrogens with zero attached hydrogens (tertiary/aromatic N) is 2. The fourth-order valence-electron chi connectivity index (χ4n) is 3.86. The molecule has 1 saturated carbocycles. The average Bonchev–Trinajstić information content (AvgIpc) is 2.66. The number of benzene rings is 1. The second-order valence-electron chi connectivity index (χ2n) is 7.66. The van der Waals surface area contributed by atoms with Crippen molar-refractivity contribution in [3.63, 3.8) is 0 Å². The normalized spacial score (nSPS) is 25.3. The molecule has 0 radical (unpaired) electrons. The van der Waals surface area contributed by atoms with Crippen molar-refractivity contribution in [3.8, 4) is 0 Å². The zero-order chi connectivity index (χ0) is 19.4. The molecule has 1 aliphatic carbocycles. The maximum absolute atomic E-state index is 13.1. The number of rotatable bonds is 5. The first-order chi connectivity index (χ1) is 12.9. The zero-order valence-corrected chi connectivity index (χ0v) is 16.7. The molecule has 2 aliphatic rings. The molecule has 2 fully saturated rings. The van der Waals surface area contributed by atoms with Gasteiger partial charge in [-0.2, -0.15) is 4.31 Å². The van der Waals surface area contributed by atoms with E-state index in [0.29, 0.717) is 25.1 Å². The van der Waals surface area contributed by atoms with E-state index in [9.17, 15) is 13.2 Å².